The number of ether oxygens (including phenoxy) is 1. The number of benzene rings is 2. The molecule has 0 amide bonds. The SMILES string of the molecule is CCOC(=O)c1ccc2c(c1)[C@@H]1C=CC[C@H]1[C@H](c1ccc(Cl)cc1)N2. The lowest BCUT2D eigenvalue weighted by atomic mass is 9.76. The monoisotopic (exact) mass is 353 g/mol. The van der Waals surface area contributed by atoms with Gasteiger partial charge in [0.25, 0.3) is 0 Å². The van der Waals surface area contributed by atoms with Crippen LogP contribution in [0.15, 0.2) is 54.6 Å². The normalized spacial score (nSPS) is 23.5. The van der Waals surface area contributed by atoms with Crippen molar-refractivity contribution in [3.63, 3.8) is 0 Å². The zero-order valence-electron chi connectivity index (χ0n) is 14.0. The molecule has 0 saturated carbocycles. The molecule has 0 saturated heterocycles. The molecule has 2 aliphatic rings. The van der Waals surface area contributed by atoms with Gasteiger partial charge in [-0.15, -0.1) is 0 Å². The Hall–Kier alpha value is -2.26. The summed E-state index contributed by atoms with van der Waals surface area (Å²) in [7, 11) is 0. The van der Waals surface area contributed by atoms with E-state index < -0.39 is 0 Å². The largest absolute Gasteiger partial charge is 0.462 e. The first-order valence-corrected chi connectivity index (χ1v) is 9.05. The number of carbonyl (C=O) groups excluding carboxylic acids is 1. The molecule has 0 spiro atoms. The number of hydrogen-bond donors (Lipinski definition) is 1. The molecular weight excluding hydrogens is 334 g/mol. The fourth-order valence-corrected chi connectivity index (χ4v) is 4.06. The van der Waals surface area contributed by atoms with Crippen LogP contribution in [-0.4, -0.2) is 12.6 Å². The number of hydrogen-bond acceptors (Lipinski definition) is 3. The molecule has 0 fully saturated rings. The summed E-state index contributed by atoms with van der Waals surface area (Å²) < 4.78 is 5.14. The van der Waals surface area contributed by atoms with Gasteiger partial charge in [0.1, 0.15) is 0 Å². The summed E-state index contributed by atoms with van der Waals surface area (Å²) in [5.74, 6) is 0.487. The molecule has 0 radical (unpaired) electrons. The topological polar surface area (TPSA) is 38.3 Å². The first-order chi connectivity index (χ1) is 12.2. The van der Waals surface area contributed by atoms with Gasteiger partial charge in [-0.05, 0) is 60.7 Å². The molecule has 2 aromatic rings. The minimum atomic E-state index is -0.261. The van der Waals surface area contributed by atoms with Crippen LogP contribution in [0, 0.1) is 5.92 Å². The van der Waals surface area contributed by atoms with Gasteiger partial charge in [-0.25, -0.2) is 4.79 Å². The van der Waals surface area contributed by atoms with Gasteiger partial charge >= 0.3 is 5.97 Å². The molecule has 0 unspecified atom stereocenters. The number of rotatable bonds is 3. The predicted molar refractivity (Wildman–Crippen MR) is 100 cm³/mol. The fraction of sp³-hybridized carbons (Fsp3) is 0.286. The van der Waals surface area contributed by atoms with Crippen molar-refractivity contribution in [1.82, 2.24) is 0 Å². The van der Waals surface area contributed by atoms with E-state index in [0.29, 0.717) is 24.0 Å². The van der Waals surface area contributed by atoms with Crippen LogP contribution in [0.4, 0.5) is 5.69 Å². The van der Waals surface area contributed by atoms with Crippen LogP contribution in [0.2, 0.25) is 5.02 Å². The number of nitrogens with one attached hydrogen (secondary N) is 1. The predicted octanol–water partition coefficient (Wildman–Crippen LogP) is 5.34. The maximum absolute atomic E-state index is 12.1. The molecule has 1 heterocycles. The Morgan fingerprint density at radius 2 is 2.04 bits per heavy atom. The van der Waals surface area contributed by atoms with Crippen LogP contribution in [-0.2, 0) is 4.74 Å². The summed E-state index contributed by atoms with van der Waals surface area (Å²) >= 11 is 6.04. The van der Waals surface area contributed by atoms with E-state index >= 15 is 0 Å². The van der Waals surface area contributed by atoms with Crippen molar-refractivity contribution in [1.29, 1.82) is 0 Å². The average Bonchev–Trinajstić information content (AvgIpc) is 3.11. The lowest BCUT2D eigenvalue weighted by molar-refractivity contribution is 0.0526. The Balaban J connectivity index is 1.71. The summed E-state index contributed by atoms with van der Waals surface area (Å²) in [6, 6.07) is 14.1. The summed E-state index contributed by atoms with van der Waals surface area (Å²) in [6.07, 6.45) is 5.53. The second kappa shape index (κ2) is 6.57. The number of allylic oxidation sites excluding steroid dienone is 2. The molecule has 2 aromatic carbocycles. The zero-order chi connectivity index (χ0) is 17.4. The van der Waals surface area contributed by atoms with Gasteiger partial charge in [-0.3, -0.25) is 0 Å². The average molecular weight is 354 g/mol. The minimum Gasteiger partial charge on any atom is -0.462 e. The van der Waals surface area contributed by atoms with E-state index in [1.165, 1.54) is 11.1 Å². The van der Waals surface area contributed by atoms with Crippen molar-refractivity contribution in [2.75, 3.05) is 11.9 Å². The highest BCUT2D eigenvalue weighted by molar-refractivity contribution is 6.30. The van der Waals surface area contributed by atoms with Gasteiger partial charge in [0.05, 0.1) is 18.2 Å². The number of halogens is 1. The first kappa shape index (κ1) is 16.2. The van der Waals surface area contributed by atoms with Gasteiger partial charge in [-0.2, -0.15) is 0 Å². The molecular formula is C21H20ClNO2. The lowest BCUT2D eigenvalue weighted by Gasteiger charge is -2.37. The van der Waals surface area contributed by atoms with Crippen molar-refractivity contribution in [3.8, 4) is 0 Å². The highest BCUT2D eigenvalue weighted by Gasteiger charge is 2.38. The number of carbonyl (C=O) groups is 1. The Morgan fingerprint density at radius 1 is 1.24 bits per heavy atom. The summed E-state index contributed by atoms with van der Waals surface area (Å²) in [5.41, 5.74) is 4.12. The van der Waals surface area contributed by atoms with Crippen molar-refractivity contribution in [2.45, 2.75) is 25.3 Å². The molecule has 0 bridgehead atoms. The van der Waals surface area contributed by atoms with E-state index in [4.69, 9.17) is 16.3 Å². The van der Waals surface area contributed by atoms with E-state index in [1.807, 2.05) is 37.3 Å². The van der Waals surface area contributed by atoms with Gasteiger partial charge < -0.3 is 10.1 Å². The third kappa shape index (κ3) is 2.93. The molecule has 1 aliphatic heterocycles. The lowest BCUT2D eigenvalue weighted by Crippen LogP contribution is -2.29. The molecule has 1 aliphatic carbocycles. The summed E-state index contributed by atoms with van der Waals surface area (Å²) in [4.78, 5) is 12.1. The third-order valence-electron chi connectivity index (χ3n) is 5.10. The van der Waals surface area contributed by atoms with Gasteiger partial charge in [0.2, 0.25) is 0 Å². The van der Waals surface area contributed by atoms with Crippen molar-refractivity contribution >= 4 is 23.3 Å². The maximum atomic E-state index is 12.1. The van der Waals surface area contributed by atoms with E-state index in [1.54, 1.807) is 0 Å². The van der Waals surface area contributed by atoms with E-state index in [9.17, 15) is 4.79 Å². The Bertz CT molecular complexity index is 828. The maximum Gasteiger partial charge on any atom is 0.338 e. The van der Waals surface area contributed by atoms with Crippen LogP contribution in [0.5, 0.6) is 0 Å². The molecule has 4 rings (SSSR count). The highest BCUT2D eigenvalue weighted by atomic mass is 35.5. The Labute approximate surface area is 152 Å². The first-order valence-electron chi connectivity index (χ1n) is 8.67. The van der Waals surface area contributed by atoms with Crippen molar-refractivity contribution < 1.29 is 9.53 Å². The summed E-state index contributed by atoms with van der Waals surface area (Å²) in [6.45, 7) is 2.21. The number of anilines is 1. The molecule has 3 atom stereocenters. The molecule has 4 heteroatoms. The van der Waals surface area contributed by atoms with Gasteiger partial charge in [-0.1, -0.05) is 35.9 Å². The number of fused-ring (bicyclic) bond motifs is 3. The molecule has 128 valence electrons. The number of esters is 1. The van der Waals surface area contributed by atoms with Crippen molar-refractivity contribution in [2.24, 2.45) is 5.92 Å². The smallest absolute Gasteiger partial charge is 0.338 e. The van der Waals surface area contributed by atoms with Crippen LogP contribution < -0.4 is 5.32 Å². The molecule has 1 N–H and O–H groups in total. The van der Waals surface area contributed by atoms with Crippen LogP contribution in [0.25, 0.3) is 0 Å². The van der Waals surface area contributed by atoms with Gasteiger partial charge in [0.15, 0.2) is 0 Å². The standard InChI is InChI=1S/C21H20ClNO2/c1-2-25-21(24)14-8-11-19-18(12-14)16-4-3-5-17(16)20(23-19)13-6-9-15(22)10-7-13/h3-4,6-12,16-17,20,23H,2,5H2,1H3/t16-,17-,20+/m1/s1. The van der Waals surface area contributed by atoms with Gasteiger partial charge in [0, 0.05) is 16.6 Å². The molecule has 25 heavy (non-hydrogen) atoms. The molecule has 3 nitrogen and oxygen atoms in total. The Kier molecular flexibility index (Phi) is 4.26. The molecule has 0 aromatic heterocycles. The van der Waals surface area contributed by atoms with E-state index in [0.717, 1.165) is 17.1 Å². The van der Waals surface area contributed by atoms with E-state index in [2.05, 4.69) is 29.6 Å². The third-order valence-corrected chi connectivity index (χ3v) is 5.36. The second-order valence-electron chi connectivity index (χ2n) is 6.55. The minimum absolute atomic E-state index is 0.234. The van der Waals surface area contributed by atoms with E-state index in [-0.39, 0.29) is 12.0 Å². The second-order valence-corrected chi connectivity index (χ2v) is 6.99. The van der Waals surface area contributed by atoms with Crippen LogP contribution in [0.3, 0.4) is 0 Å². The van der Waals surface area contributed by atoms with Crippen molar-refractivity contribution in [3.05, 3.63) is 76.3 Å². The fourth-order valence-electron chi connectivity index (χ4n) is 3.94. The highest BCUT2D eigenvalue weighted by Crippen LogP contribution is 2.50. The summed E-state index contributed by atoms with van der Waals surface area (Å²) in [5, 5.41) is 4.42. The zero-order valence-corrected chi connectivity index (χ0v) is 14.8. The Morgan fingerprint density at radius 3 is 2.80 bits per heavy atom. The quantitative estimate of drug-likeness (QED) is 0.597. The van der Waals surface area contributed by atoms with Crippen LogP contribution >= 0.6 is 11.6 Å². The van der Waals surface area contributed by atoms with Crippen LogP contribution in [0.1, 0.15) is 46.8 Å².